The molecule has 0 saturated heterocycles. The van der Waals surface area contributed by atoms with Gasteiger partial charge in [0.2, 0.25) is 0 Å². The Kier molecular flexibility index (Phi) is 4.28. The first-order chi connectivity index (χ1) is 10.3. The third kappa shape index (κ3) is 3.48. The summed E-state index contributed by atoms with van der Waals surface area (Å²) in [6.07, 6.45) is 0. The highest BCUT2D eigenvalue weighted by atomic mass is 32.1. The first-order valence-electron chi connectivity index (χ1n) is 6.80. The van der Waals surface area contributed by atoms with Gasteiger partial charge < -0.3 is 10.4 Å². The number of phenols is 1. The van der Waals surface area contributed by atoms with E-state index in [0.29, 0.717) is 18.8 Å². The molecule has 0 aliphatic rings. The molecule has 2 aromatic carbocycles. The minimum Gasteiger partial charge on any atom is -0.508 e. The molecule has 3 rings (SSSR count). The maximum Gasteiger partial charge on any atom is 0.120 e. The molecule has 1 heterocycles. The normalized spacial score (nSPS) is 10.7. The number of phenolic OH excluding ortho intramolecular Hbond substituents is 1. The zero-order valence-electron chi connectivity index (χ0n) is 11.5. The molecule has 0 amide bonds. The predicted octanol–water partition coefficient (Wildman–Crippen LogP) is 3.81. The van der Waals surface area contributed by atoms with Gasteiger partial charge in [-0.2, -0.15) is 0 Å². The van der Waals surface area contributed by atoms with Crippen LogP contribution in [0.4, 0.5) is 0 Å². The van der Waals surface area contributed by atoms with Crippen LogP contribution in [0.2, 0.25) is 0 Å². The fourth-order valence-electron chi connectivity index (χ4n) is 2.10. The second-order valence-electron chi connectivity index (χ2n) is 4.72. The van der Waals surface area contributed by atoms with Crippen LogP contribution in [0.3, 0.4) is 0 Å². The van der Waals surface area contributed by atoms with Crippen LogP contribution in [0.15, 0.2) is 60.0 Å². The highest BCUT2D eigenvalue weighted by molar-refractivity contribution is 7.09. The fraction of sp³-hybridized carbons (Fsp3) is 0.118. The minimum absolute atomic E-state index is 0.328. The van der Waals surface area contributed by atoms with E-state index in [0.717, 1.165) is 21.8 Å². The number of hydrogen-bond acceptors (Lipinski definition) is 4. The van der Waals surface area contributed by atoms with Gasteiger partial charge in [0.05, 0.1) is 5.69 Å². The summed E-state index contributed by atoms with van der Waals surface area (Å²) in [5.41, 5.74) is 3.05. The Morgan fingerprint density at radius 3 is 2.52 bits per heavy atom. The van der Waals surface area contributed by atoms with Crippen molar-refractivity contribution in [2.75, 3.05) is 0 Å². The van der Waals surface area contributed by atoms with Crippen molar-refractivity contribution in [2.45, 2.75) is 13.1 Å². The average Bonchev–Trinajstić information content (AvgIpc) is 2.99. The highest BCUT2D eigenvalue weighted by Gasteiger charge is 2.04. The molecule has 106 valence electrons. The van der Waals surface area contributed by atoms with Crippen molar-refractivity contribution in [1.82, 2.24) is 10.3 Å². The van der Waals surface area contributed by atoms with Gasteiger partial charge >= 0.3 is 0 Å². The highest BCUT2D eigenvalue weighted by Crippen LogP contribution is 2.21. The summed E-state index contributed by atoms with van der Waals surface area (Å²) in [4.78, 5) is 4.63. The third-order valence-corrected chi connectivity index (χ3v) is 4.05. The second kappa shape index (κ2) is 6.52. The van der Waals surface area contributed by atoms with Gasteiger partial charge in [-0.05, 0) is 6.07 Å². The molecular weight excluding hydrogens is 280 g/mol. The van der Waals surface area contributed by atoms with Crippen LogP contribution in [0.25, 0.3) is 11.3 Å². The Hall–Kier alpha value is -2.17. The number of nitrogens with zero attached hydrogens (tertiary/aromatic N) is 1. The summed E-state index contributed by atoms with van der Waals surface area (Å²) in [5.74, 6) is 0.328. The van der Waals surface area contributed by atoms with Crippen molar-refractivity contribution in [2.24, 2.45) is 0 Å². The van der Waals surface area contributed by atoms with Crippen LogP contribution in [-0.4, -0.2) is 10.1 Å². The first-order valence-corrected chi connectivity index (χ1v) is 7.68. The average molecular weight is 296 g/mol. The van der Waals surface area contributed by atoms with Crippen molar-refractivity contribution in [3.05, 3.63) is 70.5 Å². The van der Waals surface area contributed by atoms with Crippen LogP contribution >= 0.6 is 11.3 Å². The number of nitrogens with one attached hydrogen (secondary N) is 1. The van der Waals surface area contributed by atoms with Gasteiger partial charge in [-0.15, -0.1) is 11.3 Å². The maximum atomic E-state index is 9.71. The van der Waals surface area contributed by atoms with E-state index in [9.17, 15) is 5.11 Å². The predicted molar refractivity (Wildman–Crippen MR) is 86.2 cm³/mol. The molecule has 0 fully saturated rings. The number of aromatic nitrogens is 1. The van der Waals surface area contributed by atoms with Gasteiger partial charge in [0.1, 0.15) is 10.8 Å². The molecule has 0 radical (unpaired) electrons. The minimum atomic E-state index is 0.328. The van der Waals surface area contributed by atoms with Gasteiger partial charge in [-0.1, -0.05) is 48.5 Å². The van der Waals surface area contributed by atoms with Crippen LogP contribution in [0.1, 0.15) is 10.6 Å². The molecule has 3 nitrogen and oxygen atoms in total. The van der Waals surface area contributed by atoms with E-state index < -0.39 is 0 Å². The number of thiazole rings is 1. The number of benzene rings is 2. The Bertz CT molecular complexity index is 710. The quantitative estimate of drug-likeness (QED) is 0.752. The van der Waals surface area contributed by atoms with Crippen molar-refractivity contribution in [1.29, 1.82) is 0 Å². The Balaban J connectivity index is 1.60. The van der Waals surface area contributed by atoms with E-state index in [4.69, 9.17) is 0 Å². The zero-order chi connectivity index (χ0) is 14.5. The van der Waals surface area contributed by atoms with Gasteiger partial charge in [-0.25, -0.2) is 4.98 Å². The van der Waals surface area contributed by atoms with E-state index in [1.165, 1.54) is 0 Å². The summed E-state index contributed by atoms with van der Waals surface area (Å²) in [7, 11) is 0. The summed E-state index contributed by atoms with van der Waals surface area (Å²) < 4.78 is 0. The number of hydrogen-bond donors (Lipinski definition) is 2. The molecule has 0 aliphatic heterocycles. The molecule has 2 N–H and O–H groups in total. The SMILES string of the molecule is Oc1ccccc1CNCc1nc(-c2ccccc2)cs1. The largest absolute Gasteiger partial charge is 0.508 e. The van der Waals surface area contributed by atoms with Crippen LogP contribution in [0.5, 0.6) is 5.75 Å². The van der Waals surface area contributed by atoms with Crippen molar-refractivity contribution in [3.8, 4) is 17.0 Å². The lowest BCUT2D eigenvalue weighted by Gasteiger charge is -2.04. The maximum absolute atomic E-state index is 9.71. The molecule has 0 saturated carbocycles. The lowest BCUT2D eigenvalue weighted by molar-refractivity contribution is 0.464. The third-order valence-electron chi connectivity index (χ3n) is 3.20. The monoisotopic (exact) mass is 296 g/mol. The Morgan fingerprint density at radius 2 is 1.71 bits per heavy atom. The lowest BCUT2D eigenvalue weighted by atomic mass is 10.2. The molecule has 0 unspecified atom stereocenters. The summed E-state index contributed by atoms with van der Waals surface area (Å²) in [6, 6.07) is 17.5. The number of para-hydroxylation sites is 1. The van der Waals surface area contributed by atoms with Crippen molar-refractivity contribution < 1.29 is 5.11 Å². The van der Waals surface area contributed by atoms with E-state index in [1.54, 1.807) is 17.4 Å². The zero-order valence-corrected chi connectivity index (χ0v) is 12.3. The molecule has 4 heteroatoms. The number of aromatic hydroxyl groups is 1. The molecule has 0 spiro atoms. The van der Waals surface area contributed by atoms with Crippen molar-refractivity contribution in [3.63, 3.8) is 0 Å². The van der Waals surface area contributed by atoms with Crippen LogP contribution in [-0.2, 0) is 13.1 Å². The molecule has 0 bridgehead atoms. The molecule has 21 heavy (non-hydrogen) atoms. The van der Waals surface area contributed by atoms with E-state index >= 15 is 0 Å². The topological polar surface area (TPSA) is 45.1 Å². The molecule has 0 aliphatic carbocycles. The van der Waals surface area contributed by atoms with Crippen LogP contribution < -0.4 is 5.32 Å². The summed E-state index contributed by atoms with van der Waals surface area (Å²) in [5, 5.41) is 16.1. The second-order valence-corrected chi connectivity index (χ2v) is 5.67. The Labute approximate surface area is 127 Å². The van der Waals surface area contributed by atoms with Gasteiger partial charge in [0, 0.05) is 29.6 Å². The lowest BCUT2D eigenvalue weighted by Crippen LogP contribution is -2.12. The smallest absolute Gasteiger partial charge is 0.120 e. The summed E-state index contributed by atoms with van der Waals surface area (Å²) in [6.45, 7) is 1.33. The van der Waals surface area contributed by atoms with E-state index in [-0.39, 0.29) is 0 Å². The van der Waals surface area contributed by atoms with Gasteiger partial charge in [-0.3, -0.25) is 0 Å². The fourth-order valence-corrected chi connectivity index (χ4v) is 2.87. The standard InChI is InChI=1S/C17H16N2OS/c20-16-9-5-4-8-14(16)10-18-11-17-19-15(12-21-17)13-6-2-1-3-7-13/h1-9,12,18,20H,10-11H2. The number of rotatable bonds is 5. The Morgan fingerprint density at radius 1 is 0.952 bits per heavy atom. The molecular formula is C17H16N2OS. The van der Waals surface area contributed by atoms with Crippen LogP contribution in [0, 0.1) is 0 Å². The molecule has 0 atom stereocenters. The van der Waals surface area contributed by atoms with E-state index in [2.05, 4.69) is 27.8 Å². The summed E-state index contributed by atoms with van der Waals surface area (Å²) >= 11 is 1.65. The first kappa shape index (κ1) is 13.8. The molecule has 1 aromatic heterocycles. The van der Waals surface area contributed by atoms with E-state index in [1.807, 2.05) is 36.4 Å². The van der Waals surface area contributed by atoms with Gasteiger partial charge in [0.15, 0.2) is 0 Å². The van der Waals surface area contributed by atoms with Gasteiger partial charge in [0.25, 0.3) is 0 Å². The molecule has 3 aromatic rings. The van der Waals surface area contributed by atoms with Crippen molar-refractivity contribution >= 4 is 11.3 Å².